The maximum atomic E-state index is 9.12. The van der Waals surface area contributed by atoms with Crippen molar-refractivity contribution in [3.05, 3.63) is 29.3 Å². The fraction of sp³-hybridized carbons (Fsp3) is 0.308. The molecule has 0 amide bonds. The lowest BCUT2D eigenvalue weighted by Gasteiger charge is -2.21. The number of rotatable bonds is 3. The Morgan fingerprint density at radius 1 is 1.28 bits per heavy atom. The minimum Gasteiger partial charge on any atom is -0.358 e. The Labute approximate surface area is 117 Å². The number of thioether (sulfide) groups is 1. The molecule has 0 spiro atoms. The zero-order valence-corrected chi connectivity index (χ0v) is 11.9. The van der Waals surface area contributed by atoms with Crippen molar-refractivity contribution in [1.82, 2.24) is 4.90 Å². The van der Waals surface area contributed by atoms with Gasteiger partial charge in [-0.25, -0.2) is 0 Å². The van der Waals surface area contributed by atoms with Crippen molar-refractivity contribution in [2.75, 3.05) is 13.1 Å². The average molecular weight is 275 g/mol. The van der Waals surface area contributed by atoms with Gasteiger partial charge >= 0.3 is 0 Å². The highest BCUT2D eigenvalue weighted by Gasteiger charge is 2.13. The molecule has 0 saturated heterocycles. The lowest BCUT2D eigenvalue weighted by molar-refractivity contribution is 0.482. The number of benzene rings is 1. The molecule has 5 heteroatoms. The Kier molecular flexibility index (Phi) is 5.64. The normalized spacial score (nSPS) is 9.33. The van der Waals surface area contributed by atoms with Crippen molar-refractivity contribution in [3.63, 3.8) is 0 Å². The molecule has 0 heterocycles. The van der Waals surface area contributed by atoms with Crippen LogP contribution < -0.4 is 0 Å². The van der Waals surface area contributed by atoms with Gasteiger partial charge in [-0.05, 0) is 26.0 Å². The van der Waals surface area contributed by atoms with Crippen molar-refractivity contribution in [1.29, 1.82) is 10.5 Å². The molecule has 18 heavy (non-hydrogen) atoms. The summed E-state index contributed by atoms with van der Waals surface area (Å²) in [5, 5.41) is 18.1. The van der Waals surface area contributed by atoms with Crippen LogP contribution in [0.1, 0.15) is 25.0 Å². The summed E-state index contributed by atoms with van der Waals surface area (Å²) in [6.07, 6.45) is 0. The Bertz CT molecular complexity index is 522. The Morgan fingerprint density at radius 2 is 1.94 bits per heavy atom. The minimum atomic E-state index is 0.393. The van der Waals surface area contributed by atoms with Gasteiger partial charge in [0.25, 0.3) is 0 Å². The molecule has 1 aromatic carbocycles. The van der Waals surface area contributed by atoms with E-state index in [0.29, 0.717) is 11.1 Å². The van der Waals surface area contributed by atoms with Crippen LogP contribution in [0.4, 0.5) is 0 Å². The van der Waals surface area contributed by atoms with E-state index in [1.807, 2.05) is 30.9 Å². The van der Waals surface area contributed by atoms with Crippen LogP contribution in [0.3, 0.4) is 0 Å². The van der Waals surface area contributed by atoms with Gasteiger partial charge in [0.1, 0.15) is 16.5 Å². The van der Waals surface area contributed by atoms with E-state index in [1.165, 1.54) is 11.8 Å². The first kappa shape index (κ1) is 14.5. The second-order valence-corrected chi connectivity index (χ2v) is 5.12. The quantitative estimate of drug-likeness (QED) is 0.626. The van der Waals surface area contributed by atoms with Crippen LogP contribution in [-0.2, 0) is 0 Å². The van der Waals surface area contributed by atoms with Crippen molar-refractivity contribution in [2.45, 2.75) is 18.7 Å². The van der Waals surface area contributed by atoms with E-state index in [4.69, 9.17) is 22.7 Å². The Hall–Kier alpha value is -1.56. The summed E-state index contributed by atoms with van der Waals surface area (Å²) in [5.41, 5.74) is 0.796. The molecule has 0 fully saturated rings. The SMILES string of the molecule is CCN(CC)C(=S)Sc1cccc(C#N)c1C#N. The molecule has 0 aromatic heterocycles. The zero-order chi connectivity index (χ0) is 13.5. The highest BCUT2D eigenvalue weighted by atomic mass is 32.2. The van der Waals surface area contributed by atoms with Gasteiger partial charge in [-0.3, -0.25) is 0 Å². The van der Waals surface area contributed by atoms with Gasteiger partial charge in [-0.1, -0.05) is 30.0 Å². The van der Waals surface area contributed by atoms with Crippen LogP contribution >= 0.6 is 24.0 Å². The van der Waals surface area contributed by atoms with Crippen LogP contribution in [0.25, 0.3) is 0 Å². The summed E-state index contributed by atoms with van der Waals surface area (Å²) < 4.78 is 0.728. The van der Waals surface area contributed by atoms with E-state index in [1.54, 1.807) is 12.1 Å². The highest BCUT2D eigenvalue weighted by Crippen LogP contribution is 2.27. The summed E-state index contributed by atoms with van der Waals surface area (Å²) >= 11 is 6.70. The lowest BCUT2D eigenvalue weighted by atomic mass is 10.1. The van der Waals surface area contributed by atoms with E-state index in [-0.39, 0.29) is 0 Å². The second kappa shape index (κ2) is 7.00. The molecular weight excluding hydrogens is 262 g/mol. The van der Waals surface area contributed by atoms with Crippen molar-refractivity contribution in [3.8, 4) is 12.1 Å². The van der Waals surface area contributed by atoms with Crippen molar-refractivity contribution >= 4 is 28.3 Å². The first-order valence-electron chi connectivity index (χ1n) is 5.57. The molecule has 3 nitrogen and oxygen atoms in total. The van der Waals surface area contributed by atoms with Gasteiger partial charge in [-0.2, -0.15) is 10.5 Å². The smallest absolute Gasteiger partial charge is 0.141 e. The molecular formula is C13H13N3S2. The predicted octanol–water partition coefficient (Wildman–Crippen LogP) is 3.15. The summed E-state index contributed by atoms with van der Waals surface area (Å²) in [6.45, 7) is 5.74. The fourth-order valence-corrected chi connectivity index (χ4v) is 2.97. The molecule has 0 aliphatic carbocycles. The van der Waals surface area contributed by atoms with Crippen molar-refractivity contribution in [2.24, 2.45) is 0 Å². The third kappa shape index (κ3) is 3.22. The van der Waals surface area contributed by atoms with Crippen LogP contribution in [0.2, 0.25) is 0 Å². The monoisotopic (exact) mass is 275 g/mol. The summed E-state index contributed by atoms with van der Waals surface area (Å²) in [5.74, 6) is 0. The van der Waals surface area contributed by atoms with E-state index in [0.717, 1.165) is 22.3 Å². The maximum Gasteiger partial charge on any atom is 0.141 e. The maximum absolute atomic E-state index is 9.12. The van der Waals surface area contributed by atoms with E-state index in [2.05, 4.69) is 6.07 Å². The molecule has 0 atom stereocenters. The first-order valence-corrected chi connectivity index (χ1v) is 6.80. The average Bonchev–Trinajstić information content (AvgIpc) is 2.39. The number of nitrogens with zero attached hydrogens (tertiary/aromatic N) is 3. The predicted molar refractivity (Wildman–Crippen MR) is 77.2 cm³/mol. The van der Waals surface area contributed by atoms with Gasteiger partial charge in [0.15, 0.2) is 0 Å². The summed E-state index contributed by atoms with van der Waals surface area (Å²) in [4.78, 5) is 2.79. The number of nitriles is 2. The third-order valence-corrected chi connectivity index (χ3v) is 3.98. The third-order valence-electron chi connectivity index (χ3n) is 2.48. The topological polar surface area (TPSA) is 50.8 Å². The lowest BCUT2D eigenvalue weighted by Crippen LogP contribution is -2.26. The number of hydrogen-bond acceptors (Lipinski definition) is 4. The second-order valence-electron chi connectivity index (χ2n) is 3.44. The largest absolute Gasteiger partial charge is 0.358 e. The van der Waals surface area contributed by atoms with Gasteiger partial charge in [0, 0.05) is 18.0 Å². The van der Waals surface area contributed by atoms with Crippen LogP contribution in [0.5, 0.6) is 0 Å². The van der Waals surface area contributed by atoms with Crippen LogP contribution in [0.15, 0.2) is 23.1 Å². The van der Waals surface area contributed by atoms with Gasteiger partial charge in [-0.15, -0.1) is 0 Å². The van der Waals surface area contributed by atoms with Crippen LogP contribution in [-0.4, -0.2) is 22.3 Å². The van der Waals surface area contributed by atoms with Gasteiger partial charge in [0.05, 0.1) is 11.1 Å². The Morgan fingerprint density at radius 3 is 2.44 bits per heavy atom. The standard InChI is InChI=1S/C13H13N3S2/c1-3-16(4-2)13(17)18-12-7-5-6-10(8-14)11(12)9-15/h5-7H,3-4H2,1-2H3. The van der Waals surface area contributed by atoms with Crippen LogP contribution in [0, 0.1) is 22.7 Å². The zero-order valence-electron chi connectivity index (χ0n) is 10.3. The molecule has 92 valence electrons. The van der Waals surface area contributed by atoms with E-state index in [9.17, 15) is 0 Å². The molecule has 0 unspecified atom stereocenters. The van der Waals surface area contributed by atoms with E-state index >= 15 is 0 Å². The van der Waals surface area contributed by atoms with E-state index < -0.39 is 0 Å². The number of thiocarbonyl (C=S) groups is 1. The molecule has 1 rings (SSSR count). The number of hydrogen-bond donors (Lipinski definition) is 0. The Balaban J connectivity index is 3.03. The fourth-order valence-electron chi connectivity index (χ4n) is 1.47. The molecule has 0 aliphatic heterocycles. The summed E-state index contributed by atoms with van der Waals surface area (Å²) in [7, 11) is 0. The molecule has 0 bridgehead atoms. The molecule has 0 N–H and O–H groups in total. The molecule has 1 aromatic rings. The molecule has 0 radical (unpaired) electrons. The highest BCUT2D eigenvalue weighted by molar-refractivity contribution is 8.23. The molecule has 0 aliphatic rings. The summed E-state index contributed by atoms with van der Waals surface area (Å²) in [6, 6.07) is 9.33. The van der Waals surface area contributed by atoms with Gasteiger partial charge in [0.2, 0.25) is 0 Å². The van der Waals surface area contributed by atoms with Gasteiger partial charge < -0.3 is 4.90 Å². The molecule has 0 saturated carbocycles. The minimum absolute atomic E-state index is 0.393. The first-order chi connectivity index (χ1) is 8.67. The van der Waals surface area contributed by atoms with Crippen molar-refractivity contribution < 1.29 is 0 Å².